The maximum atomic E-state index is 12.3. The van der Waals surface area contributed by atoms with Gasteiger partial charge in [-0.1, -0.05) is 26.0 Å². The Kier molecular flexibility index (Phi) is 6.89. The topological polar surface area (TPSA) is 70.2 Å². The lowest BCUT2D eigenvalue weighted by atomic mass is 10.0. The van der Waals surface area contributed by atoms with Crippen LogP contribution in [-0.2, 0) is 0 Å². The monoisotopic (exact) mass is 341 g/mol. The number of amides is 1. The summed E-state index contributed by atoms with van der Waals surface area (Å²) in [6.07, 6.45) is 4.09. The molecule has 0 saturated heterocycles. The third-order valence-electron chi connectivity index (χ3n) is 3.81. The number of nitrogens with zero attached hydrogens (tertiary/aromatic N) is 3. The molecule has 0 spiro atoms. The molecule has 0 aliphatic heterocycles. The Labute approximate surface area is 149 Å². The van der Waals surface area contributed by atoms with Crippen LogP contribution in [0.1, 0.15) is 42.1 Å². The van der Waals surface area contributed by atoms with E-state index in [0.29, 0.717) is 17.4 Å². The molecule has 0 saturated carbocycles. The Morgan fingerprint density at radius 2 is 1.76 bits per heavy atom. The van der Waals surface area contributed by atoms with Gasteiger partial charge in [0.25, 0.3) is 5.91 Å². The predicted octanol–water partition coefficient (Wildman–Crippen LogP) is 3.22. The molecule has 1 amide bonds. The minimum absolute atomic E-state index is 0.212. The number of hydrogen-bond donors (Lipinski definition) is 2. The number of carbonyl (C=O) groups is 1. The smallest absolute Gasteiger partial charge is 0.258 e. The highest BCUT2D eigenvalue weighted by atomic mass is 16.1. The molecule has 2 aromatic rings. The Balaban J connectivity index is 1.87. The number of benzene rings is 1. The molecule has 25 heavy (non-hydrogen) atoms. The maximum Gasteiger partial charge on any atom is 0.258 e. The lowest BCUT2D eigenvalue weighted by Gasteiger charge is -2.10. The van der Waals surface area contributed by atoms with E-state index < -0.39 is 0 Å². The average Bonchev–Trinajstić information content (AvgIpc) is 2.59. The summed E-state index contributed by atoms with van der Waals surface area (Å²) in [5.74, 6) is 0.795. The summed E-state index contributed by atoms with van der Waals surface area (Å²) in [6, 6.07) is 7.87. The van der Waals surface area contributed by atoms with Crippen molar-refractivity contribution in [2.75, 3.05) is 37.8 Å². The third kappa shape index (κ3) is 6.15. The first-order chi connectivity index (χ1) is 12.0. The molecule has 0 unspecified atom stereocenters. The zero-order valence-corrected chi connectivity index (χ0v) is 15.4. The normalized spacial score (nSPS) is 11.0. The van der Waals surface area contributed by atoms with Crippen LogP contribution in [0.25, 0.3) is 0 Å². The highest BCUT2D eigenvalue weighted by Gasteiger charge is 2.08. The number of nitrogens with one attached hydrogen (secondary N) is 2. The molecular weight excluding hydrogens is 314 g/mol. The molecule has 2 rings (SSSR count). The Hall–Kier alpha value is -2.47. The maximum absolute atomic E-state index is 12.3. The van der Waals surface area contributed by atoms with Crippen LogP contribution in [0.2, 0.25) is 0 Å². The first kappa shape index (κ1) is 18.9. The molecule has 6 heteroatoms. The van der Waals surface area contributed by atoms with Gasteiger partial charge in [0.05, 0.1) is 5.56 Å². The first-order valence-corrected chi connectivity index (χ1v) is 8.57. The number of anilines is 2. The van der Waals surface area contributed by atoms with Crippen molar-refractivity contribution in [1.82, 2.24) is 14.9 Å². The lowest BCUT2D eigenvalue weighted by molar-refractivity contribution is 0.102. The zero-order chi connectivity index (χ0) is 18.2. The van der Waals surface area contributed by atoms with Gasteiger partial charge in [-0.05, 0) is 50.7 Å². The largest absolute Gasteiger partial charge is 0.354 e. The van der Waals surface area contributed by atoms with E-state index in [1.165, 1.54) is 5.56 Å². The van der Waals surface area contributed by atoms with Gasteiger partial charge in [-0.15, -0.1) is 0 Å². The van der Waals surface area contributed by atoms with Crippen LogP contribution in [-0.4, -0.2) is 48.0 Å². The summed E-state index contributed by atoms with van der Waals surface area (Å²) in [4.78, 5) is 22.8. The summed E-state index contributed by atoms with van der Waals surface area (Å²) < 4.78 is 0. The number of rotatable bonds is 8. The van der Waals surface area contributed by atoms with Crippen LogP contribution in [0.15, 0.2) is 36.7 Å². The highest BCUT2D eigenvalue weighted by molar-refractivity contribution is 6.03. The van der Waals surface area contributed by atoms with Crippen LogP contribution in [0.5, 0.6) is 0 Å². The zero-order valence-electron chi connectivity index (χ0n) is 15.4. The molecule has 0 fully saturated rings. The quantitative estimate of drug-likeness (QED) is 0.722. The second kappa shape index (κ2) is 9.13. The summed E-state index contributed by atoms with van der Waals surface area (Å²) >= 11 is 0. The number of hydrogen-bond acceptors (Lipinski definition) is 5. The molecule has 0 aliphatic rings. The van der Waals surface area contributed by atoms with Gasteiger partial charge >= 0.3 is 0 Å². The van der Waals surface area contributed by atoms with Crippen molar-refractivity contribution in [3.05, 3.63) is 47.8 Å². The summed E-state index contributed by atoms with van der Waals surface area (Å²) in [5, 5.41) is 6.02. The lowest BCUT2D eigenvalue weighted by Crippen LogP contribution is -2.17. The van der Waals surface area contributed by atoms with Crippen LogP contribution in [0, 0.1) is 0 Å². The van der Waals surface area contributed by atoms with Crippen molar-refractivity contribution in [3.8, 4) is 0 Å². The molecule has 1 aromatic heterocycles. The molecule has 0 radical (unpaired) electrons. The van der Waals surface area contributed by atoms with Crippen LogP contribution in [0.3, 0.4) is 0 Å². The summed E-state index contributed by atoms with van der Waals surface area (Å²) in [5.41, 5.74) is 2.44. The molecule has 6 nitrogen and oxygen atoms in total. The van der Waals surface area contributed by atoms with Gasteiger partial charge in [-0.3, -0.25) is 4.79 Å². The third-order valence-corrected chi connectivity index (χ3v) is 3.81. The fraction of sp³-hybridized carbons (Fsp3) is 0.421. The van der Waals surface area contributed by atoms with Crippen molar-refractivity contribution in [2.24, 2.45) is 0 Å². The number of carbonyl (C=O) groups excluding carboxylic acids is 1. The Morgan fingerprint density at radius 1 is 1.12 bits per heavy atom. The fourth-order valence-corrected chi connectivity index (χ4v) is 2.29. The van der Waals surface area contributed by atoms with Gasteiger partial charge in [-0.25, -0.2) is 9.97 Å². The summed E-state index contributed by atoms with van der Waals surface area (Å²) in [6.45, 7) is 6.08. The van der Waals surface area contributed by atoms with E-state index in [1.54, 1.807) is 12.4 Å². The van der Waals surface area contributed by atoms with E-state index in [4.69, 9.17) is 0 Å². The molecule has 1 aromatic carbocycles. The van der Waals surface area contributed by atoms with E-state index in [2.05, 4.69) is 39.3 Å². The standard InChI is InChI=1S/C19H27N5O/c1-14(2)15-6-8-17(9-7-15)23-18(25)16-12-21-19(22-13-16)20-10-5-11-24(3)4/h6-9,12-14H,5,10-11H2,1-4H3,(H,23,25)(H,20,21,22). The fourth-order valence-electron chi connectivity index (χ4n) is 2.29. The molecule has 0 bridgehead atoms. The van der Waals surface area contributed by atoms with Gasteiger partial charge in [0.15, 0.2) is 0 Å². The molecule has 134 valence electrons. The van der Waals surface area contributed by atoms with Gasteiger partial charge in [0.2, 0.25) is 5.95 Å². The predicted molar refractivity (Wildman–Crippen MR) is 102 cm³/mol. The van der Waals surface area contributed by atoms with Crippen molar-refractivity contribution < 1.29 is 4.79 Å². The van der Waals surface area contributed by atoms with Gasteiger partial charge in [0, 0.05) is 24.6 Å². The SMILES string of the molecule is CC(C)c1ccc(NC(=O)c2cnc(NCCCN(C)C)nc2)cc1. The van der Waals surface area contributed by atoms with Crippen molar-refractivity contribution >= 4 is 17.5 Å². The minimum Gasteiger partial charge on any atom is -0.354 e. The van der Waals surface area contributed by atoms with E-state index in [9.17, 15) is 4.79 Å². The van der Waals surface area contributed by atoms with Crippen LogP contribution in [0.4, 0.5) is 11.6 Å². The highest BCUT2D eigenvalue weighted by Crippen LogP contribution is 2.17. The second-order valence-electron chi connectivity index (χ2n) is 6.61. The minimum atomic E-state index is -0.212. The average molecular weight is 341 g/mol. The van der Waals surface area contributed by atoms with Gasteiger partial charge in [0.1, 0.15) is 0 Å². The second-order valence-corrected chi connectivity index (χ2v) is 6.61. The van der Waals surface area contributed by atoms with Crippen molar-refractivity contribution in [2.45, 2.75) is 26.2 Å². The molecule has 0 aliphatic carbocycles. The van der Waals surface area contributed by atoms with E-state index in [1.807, 2.05) is 38.4 Å². The van der Waals surface area contributed by atoms with Crippen molar-refractivity contribution in [3.63, 3.8) is 0 Å². The molecular formula is C19H27N5O. The van der Waals surface area contributed by atoms with Crippen LogP contribution >= 0.6 is 0 Å². The molecule has 1 heterocycles. The van der Waals surface area contributed by atoms with E-state index in [-0.39, 0.29) is 5.91 Å². The van der Waals surface area contributed by atoms with Gasteiger partial charge in [-0.2, -0.15) is 0 Å². The van der Waals surface area contributed by atoms with E-state index >= 15 is 0 Å². The van der Waals surface area contributed by atoms with E-state index in [0.717, 1.165) is 25.2 Å². The Morgan fingerprint density at radius 3 is 2.32 bits per heavy atom. The molecule has 0 atom stereocenters. The van der Waals surface area contributed by atoms with Gasteiger partial charge < -0.3 is 15.5 Å². The first-order valence-electron chi connectivity index (χ1n) is 8.57. The number of aromatic nitrogens is 2. The molecule has 2 N–H and O–H groups in total. The van der Waals surface area contributed by atoms with Crippen LogP contribution < -0.4 is 10.6 Å². The summed E-state index contributed by atoms with van der Waals surface area (Å²) in [7, 11) is 4.08. The Bertz CT molecular complexity index is 665. The van der Waals surface area contributed by atoms with Crippen molar-refractivity contribution in [1.29, 1.82) is 0 Å².